The first-order chi connectivity index (χ1) is 7.65. The van der Waals surface area contributed by atoms with E-state index in [1.165, 1.54) is 13.4 Å². The average Bonchev–Trinajstić information content (AvgIpc) is 2.26. The second-order valence-electron chi connectivity index (χ2n) is 3.37. The van der Waals surface area contributed by atoms with Crippen LogP contribution in [0.1, 0.15) is 13.8 Å². The lowest BCUT2D eigenvalue weighted by molar-refractivity contribution is 0.0543. The van der Waals surface area contributed by atoms with Crippen LogP contribution in [-0.2, 0) is 4.74 Å². The lowest BCUT2D eigenvalue weighted by Crippen LogP contribution is -2.13. The summed E-state index contributed by atoms with van der Waals surface area (Å²) in [6.07, 6.45) is 1.52. The molecular weight excluding hydrogens is 210 g/mol. The summed E-state index contributed by atoms with van der Waals surface area (Å²) in [5.74, 6) is 0.633. The fourth-order valence-corrected chi connectivity index (χ4v) is 1.06. The zero-order chi connectivity index (χ0) is 12.0. The summed E-state index contributed by atoms with van der Waals surface area (Å²) < 4.78 is 15.6. The minimum absolute atomic E-state index is 0.181. The highest BCUT2D eigenvalue weighted by molar-refractivity contribution is 5.55. The van der Waals surface area contributed by atoms with Crippen LogP contribution in [0.25, 0.3) is 0 Å². The Kier molecular flexibility index (Phi) is 4.78. The van der Waals surface area contributed by atoms with Crippen LogP contribution in [0.4, 0.5) is 5.69 Å². The van der Waals surface area contributed by atoms with Crippen LogP contribution in [0, 0.1) is 0 Å². The zero-order valence-electron chi connectivity index (χ0n) is 9.77. The Balaban J connectivity index is 2.47. The third-order valence-corrected chi connectivity index (χ3v) is 1.78. The lowest BCUT2D eigenvalue weighted by atomic mass is 10.5. The molecule has 0 saturated carbocycles. The zero-order valence-corrected chi connectivity index (χ0v) is 9.77. The molecule has 1 rings (SSSR count). The van der Waals surface area contributed by atoms with Crippen molar-refractivity contribution in [1.82, 2.24) is 9.97 Å². The molecule has 0 aromatic carbocycles. The highest BCUT2D eigenvalue weighted by Crippen LogP contribution is 2.25. The van der Waals surface area contributed by atoms with Gasteiger partial charge in [-0.15, -0.1) is 0 Å². The minimum atomic E-state index is 0.181. The maximum Gasteiger partial charge on any atom is 0.244 e. The predicted octanol–water partition coefficient (Wildman–Crippen LogP) is 0.871. The second-order valence-corrected chi connectivity index (χ2v) is 3.37. The molecule has 16 heavy (non-hydrogen) atoms. The summed E-state index contributed by atoms with van der Waals surface area (Å²) in [5, 5.41) is 0. The quantitative estimate of drug-likeness (QED) is 0.726. The van der Waals surface area contributed by atoms with Crippen LogP contribution in [-0.4, -0.2) is 36.4 Å². The number of aromatic nitrogens is 2. The number of anilines is 1. The Morgan fingerprint density at radius 1 is 1.25 bits per heavy atom. The number of hydrogen-bond donors (Lipinski definition) is 1. The van der Waals surface area contributed by atoms with Gasteiger partial charge in [-0.05, 0) is 13.8 Å². The van der Waals surface area contributed by atoms with Gasteiger partial charge in [0.15, 0.2) is 5.69 Å². The summed E-state index contributed by atoms with van der Waals surface area (Å²) in [5.41, 5.74) is 6.02. The topological polar surface area (TPSA) is 79.5 Å². The average molecular weight is 227 g/mol. The monoisotopic (exact) mass is 227 g/mol. The molecule has 0 unspecified atom stereocenters. The fraction of sp³-hybridized carbons (Fsp3) is 0.600. The van der Waals surface area contributed by atoms with Crippen LogP contribution in [0.2, 0.25) is 0 Å². The summed E-state index contributed by atoms with van der Waals surface area (Å²) >= 11 is 0. The molecule has 0 fully saturated rings. The molecule has 0 aliphatic heterocycles. The van der Waals surface area contributed by atoms with E-state index in [4.69, 9.17) is 19.9 Å². The van der Waals surface area contributed by atoms with Crippen LogP contribution >= 0.6 is 0 Å². The largest absolute Gasteiger partial charge is 0.479 e. The number of nitrogens with two attached hydrogens (primary N) is 1. The van der Waals surface area contributed by atoms with E-state index in [1.54, 1.807) is 0 Å². The molecule has 0 aliphatic rings. The van der Waals surface area contributed by atoms with Crippen molar-refractivity contribution in [3.63, 3.8) is 0 Å². The van der Waals surface area contributed by atoms with E-state index in [2.05, 4.69) is 9.97 Å². The van der Waals surface area contributed by atoms with E-state index in [0.29, 0.717) is 30.7 Å². The van der Waals surface area contributed by atoms with Crippen molar-refractivity contribution in [2.24, 2.45) is 0 Å². The molecule has 6 heteroatoms. The molecule has 1 aromatic heterocycles. The van der Waals surface area contributed by atoms with E-state index >= 15 is 0 Å². The van der Waals surface area contributed by atoms with Gasteiger partial charge in [-0.1, -0.05) is 0 Å². The van der Waals surface area contributed by atoms with Crippen LogP contribution in [0.5, 0.6) is 11.8 Å². The smallest absolute Gasteiger partial charge is 0.244 e. The van der Waals surface area contributed by atoms with Gasteiger partial charge in [0.1, 0.15) is 12.9 Å². The van der Waals surface area contributed by atoms with Crippen molar-refractivity contribution < 1.29 is 14.2 Å². The summed E-state index contributed by atoms with van der Waals surface area (Å²) in [6.45, 7) is 4.80. The van der Waals surface area contributed by atoms with Gasteiger partial charge < -0.3 is 19.9 Å². The van der Waals surface area contributed by atoms with Gasteiger partial charge in [-0.2, -0.15) is 9.97 Å². The van der Waals surface area contributed by atoms with Gasteiger partial charge in [0.2, 0.25) is 11.8 Å². The molecule has 1 aromatic rings. The van der Waals surface area contributed by atoms with Gasteiger partial charge >= 0.3 is 0 Å². The Morgan fingerprint density at radius 3 is 2.56 bits per heavy atom. The summed E-state index contributed by atoms with van der Waals surface area (Å²) in [6, 6.07) is 0. The molecule has 0 saturated heterocycles. The molecule has 90 valence electrons. The van der Waals surface area contributed by atoms with E-state index < -0.39 is 0 Å². The molecule has 2 N–H and O–H groups in total. The van der Waals surface area contributed by atoms with Crippen LogP contribution in [0.15, 0.2) is 6.33 Å². The SMILES string of the molecule is COc1ncnc(OCCOC(C)C)c1N. The standard InChI is InChI=1S/C10H17N3O3/c1-7(2)15-4-5-16-10-8(11)9(14-3)12-6-13-10/h6-7H,4-5,11H2,1-3H3. The number of hydrogen-bond acceptors (Lipinski definition) is 6. The highest BCUT2D eigenvalue weighted by Gasteiger charge is 2.09. The van der Waals surface area contributed by atoms with Crippen molar-refractivity contribution in [3.8, 4) is 11.8 Å². The third-order valence-electron chi connectivity index (χ3n) is 1.78. The Labute approximate surface area is 94.7 Å². The number of nitrogen functional groups attached to an aromatic ring is 1. The Hall–Kier alpha value is -1.56. The first-order valence-corrected chi connectivity index (χ1v) is 5.04. The predicted molar refractivity (Wildman–Crippen MR) is 59.6 cm³/mol. The molecule has 0 bridgehead atoms. The molecule has 0 spiro atoms. The molecule has 6 nitrogen and oxygen atoms in total. The maximum atomic E-state index is 5.72. The van der Waals surface area contributed by atoms with Gasteiger partial charge in [0.05, 0.1) is 19.8 Å². The number of methoxy groups -OCH3 is 1. The molecule has 0 amide bonds. The van der Waals surface area contributed by atoms with Crippen molar-refractivity contribution in [2.45, 2.75) is 20.0 Å². The van der Waals surface area contributed by atoms with Gasteiger partial charge in [0.25, 0.3) is 0 Å². The second kappa shape index (κ2) is 6.12. The first kappa shape index (κ1) is 12.5. The van der Waals surface area contributed by atoms with E-state index in [-0.39, 0.29) is 6.10 Å². The summed E-state index contributed by atoms with van der Waals surface area (Å²) in [7, 11) is 1.49. The van der Waals surface area contributed by atoms with Gasteiger partial charge in [0, 0.05) is 0 Å². The van der Waals surface area contributed by atoms with Crippen molar-refractivity contribution in [3.05, 3.63) is 6.33 Å². The number of ether oxygens (including phenoxy) is 3. The van der Waals surface area contributed by atoms with Crippen LogP contribution < -0.4 is 15.2 Å². The van der Waals surface area contributed by atoms with Gasteiger partial charge in [-0.25, -0.2) is 0 Å². The fourth-order valence-electron chi connectivity index (χ4n) is 1.06. The first-order valence-electron chi connectivity index (χ1n) is 5.04. The van der Waals surface area contributed by atoms with Crippen molar-refractivity contribution in [2.75, 3.05) is 26.1 Å². The van der Waals surface area contributed by atoms with E-state index in [9.17, 15) is 0 Å². The van der Waals surface area contributed by atoms with Crippen molar-refractivity contribution >= 4 is 5.69 Å². The maximum absolute atomic E-state index is 5.72. The Bertz CT molecular complexity index is 331. The summed E-state index contributed by atoms with van der Waals surface area (Å²) in [4.78, 5) is 7.75. The highest BCUT2D eigenvalue weighted by atomic mass is 16.5. The lowest BCUT2D eigenvalue weighted by Gasteiger charge is -2.10. The van der Waals surface area contributed by atoms with Crippen LogP contribution in [0.3, 0.4) is 0 Å². The molecule has 0 atom stereocenters. The molecular formula is C10H17N3O3. The van der Waals surface area contributed by atoms with E-state index in [1.807, 2.05) is 13.8 Å². The molecule has 0 aliphatic carbocycles. The Morgan fingerprint density at radius 2 is 1.94 bits per heavy atom. The molecule has 0 radical (unpaired) electrons. The normalized spacial score (nSPS) is 10.5. The third kappa shape index (κ3) is 3.54. The van der Waals surface area contributed by atoms with E-state index in [0.717, 1.165) is 0 Å². The minimum Gasteiger partial charge on any atom is -0.479 e. The van der Waals surface area contributed by atoms with Crippen molar-refractivity contribution in [1.29, 1.82) is 0 Å². The number of nitrogens with zero attached hydrogens (tertiary/aromatic N) is 2. The number of rotatable bonds is 6. The molecule has 1 heterocycles. The van der Waals surface area contributed by atoms with Gasteiger partial charge in [-0.3, -0.25) is 0 Å².